The quantitative estimate of drug-likeness (QED) is 0.756. The van der Waals surface area contributed by atoms with E-state index in [9.17, 15) is 4.79 Å². The Labute approximate surface area is 130 Å². The predicted molar refractivity (Wildman–Crippen MR) is 82.2 cm³/mol. The first-order chi connectivity index (χ1) is 10.7. The minimum absolute atomic E-state index is 0.204. The third-order valence-corrected chi connectivity index (χ3v) is 4.59. The minimum atomic E-state index is -0.353. The molecule has 0 aliphatic carbocycles. The van der Waals surface area contributed by atoms with Crippen molar-refractivity contribution in [2.45, 2.75) is 50.1 Å². The van der Waals surface area contributed by atoms with Gasteiger partial charge in [-0.3, -0.25) is 4.79 Å². The van der Waals surface area contributed by atoms with E-state index in [0.717, 1.165) is 38.1 Å². The number of piperidine rings is 1. The molecule has 0 bridgehead atoms. The van der Waals surface area contributed by atoms with E-state index in [2.05, 4.69) is 16.1 Å². The molecule has 1 aromatic rings. The van der Waals surface area contributed by atoms with Crippen molar-refractivity contribution in [1.29, 1.82) is 0 Å². The number of rotatable bonds is 6. The summed E-state index contributed by atoms with van der Waals surface area (Å²) in [6.45, 7) is 1.60. The third-order valence-electron chi connectivity index (χ3n) is 4.59. The number of likely N-dealkylation sites (tertiary alicyclic amines) is 1. The molecule has 5 heteroatoms. The normalized spacial score (nSPS) is 19.9. The molecule has 1 aromatic heterocycles. The van der Waals surface area contributed by atoms with Gasteiger partial charge >= 0.3 is 0 Å². The standard InChI is InChI=1S/C17H21N3O2/c1-2-3-9-17(18-19-17)10-6-16(21)20-11-7-14(8-12-20)15-5-4-13-22-15/h1,4-5,13-14H,3,6-12H2. The monoisotopic (exact) mass is 299 g/mol. The van der Waals surface area contributed by atoms with Gasteiger partial charge in [-0.1, -0.05) is 0 Å². The largest absolute Gasteiger partial charge is 0.469 e. The predicted octanol–water partition coefficient (Wildman–Crippen LogP) is 3.34. The molecule has 0 atom stereocenters. The van der Waals surface area contributed by atoms with Crippen molar-refractivity contribution in [2.75, 3.05) is 13.1 Å². The van der Waals surface area contributed by atoms with E-state index in [1.54, 1.807) is 6.26 Å². The second-order valence-corrected chi connectivity index (χ2v) is 6.06. The maximum atomic E-state index is 12.3. The van der Waals surface area contributed by atoms with Crippen LogP contribution in [0, 0.1) is 12.3 Å². The summed E-state index contributed by atoms with van der Waals surface area (Å²) in [5.41, 5.74) is -0.353. The van der Waals surface area contributed by atoms with Gasteiger partial charge in [0.2, 0.25) is 5.91 Å². The molecule has 5 nitrogen and oxygen atoms in total. The van der Waals surface area contributed by atoms with Crippen LogP contribution in [0.3, 0.4) is 0 Å². The Morgan fingerprint density at radius 1 is 1.41 bits per heavy atom. The van der Waals surface area contributed by atoms with Crippen LogP contribution in [-0.2, 0) is 4.79 Å². The van der Waals surface area contributed by atoms with Crippen LogP contribution >= 0.6 is 0 Å². The molecular formula is C17H21N3O2. The molecule has 0 spiro atoms. The van der Waals surface area contributed by atoms with Crippen LogP contribution < -0.4 is 0 Å². The molecule has 2 aliphatic rings. The van der Waals surface area contributed by atoms with Crippen molar-refractivity contribution in [2.24, 2.45) is 10.2 Å². The van der Waals surface area contributed by atoms with Gasteiger partial charge < -0.3 is 9.32 Å². The van der Waals surface area contributed by atoms with Crippen molar-refractivity contribution >= 4 is 5.91 Å². The number of terminal acetylenes is 1. The van der Waals surface area contributed by atoms with Gasteiger partial charge in [0, 0.05) is 44.7 Å². The zero-order valence-corrected chi connectivity index (χ0v) is 12.7. The number of hydrogen-bond donors (Lipinski definition) is 0. The van der Waals surface area contributed by atoms with Crippen LogP contribution in [0.1, 0.15) is 50.2 Å². The SMILES string of the molecule is C#CCCC1(CCC(=O)N2CCC(c3ccco3)CC2)N=N1. The Hall–Kier alpha value is -2.09. The number of carbonyl (C=O) groups excluding carboxylic acids is 1. The summed E-state index contributed by atoms with van der Waals surface area (Å²) in [4.78, 5) is 14.3. The highest BCUT2D eigenvalue weighted by atomic mass is 16.3. The van der Waals surface area contributed by atoms with Gasteiger partial charge in [-0.15, -0.1) is 12.3 Å². The molecule has 0 saturated carbocycles. The summed E-state index contributed by atoms with van der Waals surface area (Å²) in [6, 6.07) is 3.94. The topological polar surface area (TPSA) is 58.2 Å². The summed E-state index contributed by atoms with van der Waals surface area (Å²) < 4.78 is 5.46. The molecule has 0 N–H and O–H groups in total. The molecule has 0 unspecified atom stereocenters. The maximum absolute atomic E-state index is 12.3. The van der Waals surface area contributed by atoms with E-state index in [1.807, 2.05) is 17.0 Å². The molecular weight excluding hydrogens is 278 g/mol. The van der Waals surface area contributed by atoms with Gasteiger partial charge in [0.15, 0.2) is 5.66 Å². The highest BCUT2D eigenvalue weighted by Gasteiger charge is 2.39. The van der Waals surface area contributed by atoms with Gasteiger partial charge in [0.25, 0.3) is 0 Å². The third kappa shape index (κ3) is 3.38. The van der Waals surface area contributed by atoms with Crippen LogP contribution in [0.15, 0.2) is 33.0 Å². The van der Waals surface area contributed by atoms with E-state index >= 15 is 0 Å². The fraction of sp³-hybridized carbons (Fsp3) is 0.588. The van der Waals surface area contributed by atoms with Gasteiger partial charge in [0.05, 0.1) is 6.26 Å². The summed E-state index contributed by atoms with van der Waals surface area (Å²) in [5, 5.41) is 8.16. The maximum Gasteiger partial charge on any atom is 0.222 e. The summed E-state index contributed by atoms with van der Waals surface area (Å²) >= 11 is 0. The first-order valence-electron chi connectivity index (χ1n) is 7.91. The lowest BCUT2D eigenvalue weighted by Gasteiger charge is -2.31. The fourth-order valence-electron chi connectivity index (χ4n) is 3.07. The van der Waals surface area contributed by atoms with E-state index in [-0.39, 0.29) is 11.6 Å². The molecule has 3 rings (SSSR count). The molecule has 1 fully saturated rings. The lowest BCUT2D eigenvalue weighted by molar-refractivity contribution is -0.132. The molecule has 1 amide bonds. The summed E-state index contributed by atoms with van der Waals surface area (Å²) in [7, 11) is 0. The molecule has 0 aromatic carbocycles. The van der Waals surface area contributed by atoms with Crippen LogP contribution in [-0.4, -0.2) is 29.6 Å². The van der Waals surface area contributed by atoms with Crippen molar-refractivity contribution in [1.82, 2.24) is 4.90 Å². The first kappa shape index (κ1) is 14.8. The zero-order valence-electron chi connectivity index (χ0n) is 12.7. The zero-order chi connectivity index (χ0) is 15.4. The van der Waals surface area contributed by atoms with Crippen LogP contribution in [0.4, 0.5) is 0 Å². The van der Waals surface area contributed by atoms with Gasteiger partial charge in [0.1, 0.15) is 5.76 Å². The van der Waals surface area contributed by atoms with Crippen molar-refractivity contribution < 1.29 is 9.21 Å². The summed E-state index contributed by atoms with van der Waals surface area (Å²) in [5.74, 6) is 4.29. The second-order valence-electron chi connectivity index (χ2n) is 6.06. The van der Waals surface area contributed by atoms with E-state index in [1.165, 1.54) is 0 Å². The number of hydrogen-bond acceptors (Lipinski definition) is 4. The van der Waals surface area contributed by atoms with E-state index in [4.69, 9.17) is 10.8 Å². The average Bonchev–Trinajstić information content (AvgIpc) is 3.11. The van der Waals surface area contributed by atoms with Gasteiger partial charge in [-0.2, -0.15) is 10.2 Å². The number of amides is 1. The molecule has 2 aliphatic heterocycles. The van der Waals surface area contributed by atoms with E-state index in [0.29, 0.717) is 25.2 Å². The lowest BCUT2D eigenvalue weighted by Crippen LogP contribution is -2.38. The van der Waals surface area contributed by atoms with Gasteiger partial charge in [-0.25, -0.2) is 0 Å². The highest BCUT2D eigenvalue weighted by molar-refractivity contribution is 5.76. The van der Waals surface area contributed by atoms with Crippen molar-refractivity contribution in [3.63, 3.8) is 0 Å². The fourth-order valence-corrected chi connectivity index (χ4v) is 3.07. The molecule has 116 valence electrons. The second kappa shape index (κ2) is 6.35. The Morgan fingerprint density at radius 2 is 2.18 bits per heavy atom. The number of furan rings is 1. The molecule has 3 heterocycles. The van der Waals surface area contributed by atoms with Crippen molar-refractivity contribution in [3.05, 3.63) is 24.2 Å². The molecule has 22 heavy (non-hydrogen) atoms. The van der Waals surface area contributed by atoms with Gasteiger partial charge in [-0.05, 0) is 25.0 Å². The number of carbonyl (C=O) groups is 1. The van der Waals surface area contributed by atoms with Crippen LogP contribution in [0.2, 0.25) is 0 Å². The Bertz CT molecular complexity index is 572. The minimum Gasteiger partial charge on any atom is -0.469 e. The first-order valence-corrected chi connectivity index (χ1v) is 7.91. The smallest absolute Gasteiger partial charge is 0.222 e. The molecule has 0 radical (unpaired) electrons. The summed E-state index contributed by atoms with van der Waals surface area (Å²) in [6.07, 6.45) is 11.5. The Kier molecular flexibility index (Phi) is 4.28. The Morgan fingerprint density at radius 3 is 2.77 bits per heavy atom. The highest BCUT2D eigenvalue weighted by Crippen LogP contribution is 2.38. The number of nitrogens with zero attached hydrogens (tertiary/aromatic N) is 3. The van der Waals surface area contributed by atoms with Crippen LogP contribution in [0.25, 0.3) is 0 Å². The Balaban J connectivity index is 1.42. The van der Waals surface area contributed by atoms with Crippen molar-refractivity contribution in [3.8, 4) is 12.3 Å². The average molecular weight is 299 g/mol. The van der Waals surface area contributed by atoms with Crippen LogP contribution in [0.5, 0.6) is 0 Å². The molecule has 1 saturated heterocycles. The van der Waals surface area contributed by atoms with E-state index < -0.39 is 0 Å². The lowest BCUT2D eigenvalue weighted by atomic mass is 9.94.